The summed E-state index contributed by atoms with van der Waals surface area (Å²) in [6.07, 6.45) is 4.19. The lowest BCUT2D eigenvalue weighted by Crippen LogP contribution is -2.29. The minimum Gasteiger partial charge on any atom is -0.396 e. The summed E-state index contributed by atoms with van der Waals surface area (Å²) in [7, 11) is 0. The summed E-state index contributed by atoms with van der Waals surface area (Å²) in [4.78, 5) is 0. The molecule has 0 heterocycles. The van der Waals surface area contributed by atoms with Crippen LogP contribution in [0.15, 0.2) is 25.3 Å². The highest BCUT2D eigenvalue weighted by Gasteiger charge is 2.23. The Labute approximate surface area is 92.4 Å². The highest BCUT2D eigenvalue weighted by atomic mass is 16.5. The van der Waals surface area contributed by atoms with Gasteiger partial charge >= 0.3 is 0 Å². The molecule has 15 heavy (non-hydrogen) atoms. The molecule has 0 aromatic carbocycles. The lowest BCUT2D eigenvalue weighted by atomic mass is 9.89. The molecule has 3 nitrogen and oxygen atoms in total. The molecule has 0 radical (unpaired) electrons. The van der Waals surface area contributed by atoms with Crippen LogP contribution < -0.4 is 0 Å². The molecule has 0 aliphatic carbocycles. The molecule has 0 rings (SSSR count). The van der Waals surface area contributed by atoms with Gasteiger partial charge in [0.25, 0.3) is 0 Å². The number of aliphatic hydroxyl groups is 1. The molecule has 0 saturated heterocycles. The average molecular weight is 214 g/mol. The van der Waals surface area contributed by atoms with E-state index >= 15 is 0 Å². The van der Waals surface area contributed by atoms with Crippen LogP contribution >= 0.6 is 0 Å². The molecule has 1 unspecified atom stereocenters. The first-order chi connectivity index (χ1) is 7.18. The van der Waals surface area contributed by atoms with Gasteiger partial charge in [-0.15, -0.1) is 13.2 Å². The maximum absolute atomic E-state index is 9.26. The van der Waals surface area contributed by atoms with Gasteiger partial charge in [0.05, 0.1) is 26.4 Å². The topological polar surface area (TPSA) is 38.7 Å². The molecule has 0 bridgehead atoms. The van der Waals surface area contributed by atoms with Gasteiger partial charge in [-0.3, -0.25) is 0 Å². The van der Waals surface area contributed by atoms with E-state index in [0.717, 1.165) is 6.42 Å². The fourth-order valence-electron chi connectivity index (χ4n) is 1.07. The van der Waals surface area contributed by atoms with E-state index in [-0.39, 0.29) is 12.0 Å². The molecular weight excluding hydrogens is 192 g/mol. The predicted molar refractivity (Wildman–Crippen MR) is 61.8 cm³/mol. The van der Waals surface area contributed by atoms with Gasteiger partial charge in [-0.1, -0.05) is 19.1 Å². The van der Waals surface area contributed by atoms with Gasteiger partial charge in [0.15, 0.2) is 0 Å². The average Bonchev–Trinajstić information content (AvgIpc) is 2.25. The van der Waals surface area contributed by atoms with Crippen molar-refractivity contribution >= 4 is 0 Å². The van der Waals surface area contributed by atoms with Crippen LogP contribution in [0.2, 0.25) is 0 Å². The van der Waals surface area contributed by atoms with Crippen LogP contribution in [0.4, 0.5) is 0 Å². The molecule has 0 aliphatic rings. The Morgan fingerprint density at radius 1 is 1.20 bits per heavy atom. The van der Waals surface area contributed by atoms with Crippen molar-refractivity contribution in [3.8, 4) is 0 Å². The van der Waals surface area contributed by atoms with Gasteiger partial charge in [-0.05, 0) is 6.42 Å². The van der Waals surface area contributed by atoms with Gasteiger partial charge in [-0.2, -0.15) is 0 Å². The summed E-state index contributed by atoms with van der Waals surface area (Å²) in [6, 6.07) is 0. The second-order valence-electron chi connectivity index (χ2n) is 3.89. The SMILES string of the molecule is C=CCOCCC(C)(CO)COCC=C. The molecule has 0 aliphatic heterocycles. The van der Waals surface area contributed by atoms with E-state index in [1.165, 1.54) is 0 Å². The van der Waals surface area contributed by atoms with Crippen molar-refractivity contribution in [2.75, 3.05) is 33.0 Å². The Morgan fingerprint density at radius 2 is 1.80 bits per heavy atom. The molecular formula is C12H22O3. The van der Waals surface area contributed by atoms with Crippen LogP contribution in [-0.2, 0) is 9.47 Å². The molecule has 88 valence electrons. The fraction of sp³-hybridized carbons (Fsp3) is 0.667. The monoisotopic (exact) mass is 214 g/mol. The zero-order chi connectivity index (χ0) is 11.6. The summed E-state index contributed by atoms with van der Waals surface area (Å²) >= 11 is 0. The Hall–Kier alpha value is -0.640. The van der Waals surface area contributed by atoms with E-state index in [4.69, 9.17) is 9.47 Å². The van der Waals surface area contributed by atoms with E-state index in [9.17, 15) is 5.11 Å². The van der Waals surface area contributed by atoms with Crippen LogP contribution in [0.5, 0.6) is 0 Å². The van der Waals surface area contributed by atoms with E-state index in [1.807, 2.05) is 6.92 Å². The Morgan fingerprint density at radius 3 is 2.33 bits per heavy atom. The van der Waals surface area contributed by atoms with E-state index < -0.39 is 0 Å². The zero-order valence-corrected chi connectivity index (χ0v) is 9.58. The largest absolute Gasteiger partial charge is 0.396 e. The molecule has 1 N–H and O–H groups in total. The van der Waals surface area contributed by atoms with Crippen LogP contribution in [0, 0.1) is 5.41 Å². The van der Waals surface area contributed by atoms with Crippen LogP contribution in [0.3, 0.4) is 0 Å². The fourth-order valence-corrected chi connectivity index (χ4v) is 1.07. The molecule has 0 aromatic heterocycles. The second kappa shape index (κ2) is 8.65. The normalized spacial score (nSPS) is 14.5. The molecule has 0 saturated carbocycles. The summed E-state index contributed by atoms with van der Waals surface area (Å²) in [5.74, 6) is 0. The van der Waals surface area contributed by atoms with E-state index in [0.29, 0.717) is 26.4 Å². The summed E-state index contributed by atoms with van der Waals surface area (Å²) in [6.45, 7) is 11.4. The van der Waals surface area contributed by atoms with Crippen molar-refractivity contribution in [3.05, 3.63) is 25.3 Å². The van der Waals surface area contributed by atoms with Crippen molar-refractivity contribution < 1.29 is 14.6 Å². The Balaban J connectivity index is 3.73. The predicted octanol–water partition coefficient (Wildman–Crippen LogP) is 1.78. The standard InChI is InChI=1S/C12H22O3/c1-4-7-14-9-6-12(3,10-13)11-15-8-5-2/h4-5,13H,1-2,6-11H2,3H3. The van der Waals surface area contributed by atoms with Crippen molar-refractivity contribution in [2.45, 2.75) is 13.3 Å². The third-order valence-electron chi connectivity index (χ3n) is 2.15. The lowest BCUT2D eigenvalue weighted by molar-refractivity contribution is 0.00451. The maximum atomic E-state index is 9.26. The lowest BCUT2D eigenvalue weighted by Gasteiger charge is -2.26. The molecule has 1 atom stereocenters. The molecule has 0 fully saturated rings. The van der Waals surface area contributed by atoms with Gasteiger partial charge in [0.2, 0.25) is 0 Å². The Bertz CT molecular complexity index is 180. The maximum Gasteiger partial charge on any atom is 0.0645 e. The number of rotatable bonds is 10. The first-order valence-corrected chi connectivity index (χ1v) is 5.16. The third-order valence-corrected chi connectivity index (χ3v) is 2.15. The minimum absolute atomic E-state index is 0.0988. The van der Waals surface area contributed by atoms with Gasteiger partial charge in [0, 0.05) is 12.0 Å². The van der Waals surface area contributed by atoms with Crippen molar-refractivity contribution in [1.29, 1.82) is 0 Å². The van der Waals surface area contributed by atoms with Crippen LogP contribution in [0.1, 0.15) is 13.3 Å². The second-order valence-corrected chi connectivity index (χ2v) is 3.89. The molecule has 0 amide bonds. The van der Waals surface area contributed by atoms with Gasteiger partial charge in [0.1, 0.15) is 0 Å². The van der Waals surface area contributed by atoms with Gasteiger partial charge in [-0.25, -0.2) is 0 Å². The number of ether oxygens (including phenoxy) is 2. The highest BCUT2D eigenvalue weighted by molar-refractivity contribution is 4.74. The van der Waals surface area contributed by atoms with Crippen molar-refractivity contribution in [3.63, 3.8) is 0 Å². The molecule has 0 aromatic rings. The van der Waals surface area contributed by atoms with Gasteiger partial charge < -0.3 is 14.6 Å². The van der Waals surface area contributed by atoms with Crippen LogP contribution in [-0.4, -0.2) is 38.1 Å². The van der Waals surface area contributed by atoms with Crippen LogP contribution in [0.25, 0.3) is 0 Å². The minimum atomic E-state index is -0.232. The Kier molecular flexibility index (Phi) is 8.28. The van der Waals surface area contributed by atoms with E-state index in [2.05, 4.69) is 13.2 Å². The van der Waals surface area contributed by atoms with E-state index in [1.54, 1.807) is 12.2 Å². The zero-order valence-electron chi connectivity index (χ0n) is 9.58. The number of aliphatic hydroxyl groups excluding tert-OH is 1. The first kappa shape index (κ1) is 14.4. The highest BCUT2D eigenvalue weighted by Crippen LogP contribution is 2.20. The smallest absolute Gasteiger partial charge is 0.0645 e. The third kappa shape index (κ3) is 7.31. The summed E-state index contributed by atoms with van der Waals surface area (Å²) in [5, 5.41) is 9.26. The summed E-state index contributed by atoms with van der Waals surface area (Å²) < 4.78 is 10.6. The number of hydrogen-bond acceptors (Lipinski definition) is 3. The quantitative estimate of drug-likeness (QED) is 0.445. The van der Waals surface area contributed by atoms with Crippen molar-refractivity contribution in [2.24, 2.45) is 5.41 Å². The summed E-state index contributed by atoms with van der Waals surface area (Å²) in [5.41, 5.74) is -0.232. The number of hydrogen-bond donors (Lipinski definition) is 1. The molecule has 3 heteroatoms. The van der Waals surface area contributed by atoms with Crippen molar-refractivity contribution in [1.82, 2.24) is 0 Å². The molecule has 0 spiro atoms. The first-order valence-electron chi connectivity index (χ1n) is 5.16.